The summed E-state index contributed by atoms with van der Waals surface area (Å²) in [7, 11) is 0. The summed E-state index contributed by atoms with van der Waals surface area (Å²) in [6.07, 6.45) is 2.79. The third-order valence-corrected chi connectivity index (χ3v) is 3.36. The minimum absolute atomic E-state index is 0.0859. The first kappa shape index (κ1) is 14.5. The lowest BCUT2D eigenvalue weighted by Gasteiger charge is -2.14. The van der Waals surface area contributed by atoms with Crippen molar-refractivity contribution in [2.24, 2.45) is 0 Å². The Morgan fingerprint density at radius 2 is 1.90 bits per heavy atom. The topological polar surface area (TPSA) is 31.2 Å². The fraction of sp³-hybridized carbons (Fsp3) is 0.353. The van der Waals surface area contributed by atoms with Crippen molar-refractivity contribution in [3.05, 3.63) is 70.1 Å². The Bertz CT molecular complexity index is 589. The number of nitrogens with zero attached hydrogens (tertiary/aromatic N) is 1. The van der Waals surface area contributed by atoms with Crippen molar-refractivity contribution in [2.45, 2.75) is 39.5 Å². The van der Waals surface area contributed by atoms with E-state index in [1.807, 2.05) is 50.4 Å². The van der Waals surface area contributed by atoms with Gasteiger partial charge in [-0.05, 0) is 31.9 Å². The highest BCUT2D eigenvalue weighted by molar-refractivity contribution is 5.13. The summed E-state index contributed by atoms with van der Waals surface area (Å²) in [5.41, 5.74) is 2.04. The molecule has 106 valence electrons. The minimum Gasteiger partial charge on any atom is -0.374 e. The highest BCUT2D eigenvalue weighted by Gasteiger charge is 2.05. The molecule has 0 aliphatic carbocycles. The van der Waals surface area contributed by atoms with E-state index in [-0.39, 0.29) is 11.7 Å². The lowest BCUT2D eigenvalue weighted by atomic mass is 10.2. The zero-order valence-corrected chi connectivity index (χ0v) is 12.1. The van der Waals surface area contributed by atoms with Crippen molar-refractivity contribution >= 4 is 0 Å². The van der Waals surface area contributed by atoms with Crippen molar-refractivity contribution in [2.75, 3.05) is 0 Å². The second-order valence-corrected chi connectivity index (χ2v) is 5.09. The zero-order chi connectivity index (χ0) is 14.4. The van der Waals surface area contributed by atoms with E-state index in [4.69, 9.17) is 4.74 Å². The molecule has 20 heavy (non-hydrogen) atoms. The van der Waals surface area contributed by atoms with Gasteiger partial charge in [-0.2, -0.15) is 0 Å². The highest BCUT2D eigenvalue weighted by atomic mass is 16.5. The number of ether oxygens (including phenoxy) is 1. The molecule has 1 aromatic carbocycles. The van der Waals surface area contributed by atoms with Gasteiger partial charge in [-0.1, -0.05) is 36.4 Å². The summed E-state index contributed by atoms with van der Waals surface area (Å²) in [6, 6.07) is 13.9. The lowest BCUT2D eigenvalue weighted by Crippen LogP contribution is -2.23. The molecule has 0 saturated heterocycles. The van der Waals surface area contributed by atoms with Gasteiger partial charge >= 0.3 is 0 Å². The molecule has 0 bridgehead atoms. The SMILES string of the molecule is Cc1cccn(CC[C@@H](C)OCc2ccccc2)c1=O. The standard InChI is InChI=1S/C17H21NO2/c1-14-7-6-11-18(17(14)19)12-10-15(2)20-13-16-8-4-3-5-9-16/h3-9,11,15H,10,12-13H2,1-2H3/t15-/m1/s1. The fourth-order valence-corrected chi connectivity index (χ4v) is 2.05. The van der Waals surface area contributed by atoms with Gasteiger partial charge in [0.05, 0.1) is 12.7 Å². The summed E-state index contributed by atoms with van der Waals surface area (Å²) >= 11 is 0. The third-order valence-electron chi connectivity index (χ3n) is 3.36. The van der Waals surface area contributed by atoms with E-state index in [9.17, 15) is 4.79 Å². The van der Waals surface area contributed by atoms with Crippen LogP contribution in [0.25, 0.3) is 0 Å². The molecule has 3 nitrogen and oxygen atoms in total. The van der Waals surface area contributed by atoms with Gasteiger partial charge in [0.15, 0.2) is 0 Å². The molecule has 0 saturated carbocycles. The number of hydrogen-bond donors (Lipinski definition) is 0. The third kappa shape index (κ3) is 4.07. The number of aryl methyl sites for hydroxylation is 2. The Hall–Kier alpha value is -1.87. The van der Waals surface area contributed by atoms with Crippen molar-refractivity contribution < 1.29 is 4.74 Å². The summed E-state index contributed by atoms with van der Waals surface area (Å²) in [6.45, 7) is 5.19. The maximum Gasteiger partial charge on any atom is 0.253 e. The van der Waals surface area contributed by atoms with Crippen LogP contribution in [0.4, 0.5) is 0 Å². The monoisotopic (exact) mass is 271 g/mol. The molecule has 1 aromatic heterocycles. The minimum atomic E-state index is 0.0859. The first-order valence-corrected chi connectivity index (χ1v) is 6.98. The van der Waals surface area contributed by atoms with Gasteiger partial charge in [0.1, 0.15) is 0 Å². The number of aromatic nitrogens is 1. The number of hydrogen-bond acceptors (Lipinski definition) is 2. The molecule has 0 aliphatic heterocycles. The van der Waals surface area contributed by atoms with Gasteiger partial charge in [-0.15, -0.1) is 0 Å². The van der Waals surface area contributed by atoms with E-state index in [2.05, 4.69) is 12.1 Å². The van der Waals surface area contributed by atoms with Gasteiger partial charge in [0, 0.05) is 18.3 Å². The highest BCUT2D eigenvalue weighted by Crippen LogP contribution is 2.06. The summed E-state index contributed by atoms with van der Waals surface area (Å²) in [5, 5.41) is 0. The Kier molecular flexibility index (Phi) is 5.13. The summed E-state index contributed by atoms with van der Waals surface area (Å²) < 4.78 is 7.55. The Balaban J connectivity index is 1.82. The van der Waals surface area contributed by atoms with E-state index < -0.39 is 0 Å². The van der Waals surface area contributed by atoms with E-state index >= 15 is 0 Å². The van der Waals surface area contributed by atoms with Crippen LogP contribution in [0.5, 0.6) is 0 Å². The quantitative estimate of drug-likeness (QED) is 0.808. The van der Waals surface area contributed by atoms with Gasteiger partial charge in [0.25, 0.3) is 5.56 Å². The van der Waals surface area contributed by atoms with Gasteiger partial charge in [-0.25, -0.2) is 0 Å². The van der Waals surface area contributed by atoms with Gasteiger partial charge in [0.2, 0.25) is 0 Å². The van der Waals surface area contributed by atoms with Gasteiger partial charge in [-0.3, -0.25) is 4.79 Å². The largest absolute Gasteiger partial charge is 0.374 e. The molecule has 2 rings (SSSR count). The molecule has 0 N–H and O–H groups in total. The maximum atomic E-state index is 11.9. The van der Waals surface area contributed by atoms with E-state index in [1.165, 1.54) is 5.56 Å². The zero-order valence-electron chi connectivity index (χ0n) is 12.1. The number of benzene rings is 1. The lowest BCUT2D eigenvalue weighted by molar-refractivity contribution is 0.0446. The van der Waals surface area contributed by atoms with E-state index in [1.54, 1.807) is 4.57 Å². The van der Waals surface area contributed by atoms with Crippen molar-refractivity contribution in [3.8, 4) is 0 Å². The predicted octanol–water partition coefficient (Wildman–Crippen LogP) is 3.15. The van der Waals surface area contributed by atoms with Crippen LogP contribution in [0.3, 0.4) is 0 Å². The van der Waals surface area contributed by atoms with E-state index in [0.29, 0.717) is 13.2 Å². The first-order valence-electron chi connectivity index (χ1n) is 6.98. The molecule has 1 heterocycles. The maximum absolute atomic E-state index is 11.9. The van der Waals surface area contributed by atoms with Crippen LogP contribution < -0.4 is 5.56 Å². The van der Waals surface area contributed by atoms with Crippen LogP contribution in [-0.2, 0) is 17.9 Å². The molecule has 1 atom stereocenters. The fourth-order valence-electron chi connectivity index (χ4n) is 2.05. The Labute approximate surface area is 119 Å². The molecule has 0 spiro atoms. The van der Waals surface area contributed by atoms with Crippen LogP contribution in [0.15, 0.2) is 53.5 Å². The molecule has 3 heteroatoms. The molecular formula is C17H21NO2. The molecule has 0 unspecified atom stereocenters. The molecule has 0 aliphatic rings. The molecule has 0 amide bonds. The molecule has 0 fully saturated rings. The van der Waals surface area contributed by atoms with Crippen LogP contribution >= 0.6 is 0 Å². The molecule has 0 radical (unpaired) electrons. The van der Waals surface area contributed by atoms with Crippen molar-refractivity contribution in [1.29, 1.82) is 0 Å². The molecule has 2 aromatic rings. The normalized spacial score (nSPS) is 12.3. The van der Waals surface area contributed by atoms with Crippen LogP contribution in [0.1, 0.15) is 24.5 Å². The predicted molar refractivity (Wildman–Crippen MR) is 80.7 cm³/mol. The van der Waals surface area contributed by atoms with Crippen molar-refractivity contribution in [1.82, 2.24) is 4.57 Å². The van der Waals surface area contributed by atoms with Crippen molar-refractivity contribution in [3.63, 3.8) is 0 Å². The summed E-state index contributed by atoms with van der Waals surface area (Å²) in [5.74, 6) is 0. The van der Waals surface area contributed by atoms with Crippen LogP contribution in [0, 0.1) is 6.92 Å². The average Bonchev–Trinajstić information content (AvgIpc) is 2.48. The summed E-state index contributed by atoms with van der Waals surface area (Å²) in [4.78, 5) is 11.9. The number of rotatable bonds is 6. The smallest absolute Gasteiger partial charge is 0.253 e. The first-order chi connectivity index (χ1) is 9.66. The Morgan fingerprint density at radius 1 is 1.15 bits per heavy atom. The van der Waals surface area contributed by atoms with Gasteiger partial charge < -0.3 is 9.30 Å². The second-order valence-electron chi connectivity index (χ2n) is 5.09. The van der Waals surface area contributed by atoms with E-state index in [0.717, 1.165) is 12.0 Å². The molecular weight excluding hydrogens is 250 g/mol. The Morgan fingerprint density at radius 3 is 2.65 bits per heavy atom. The van der Waals surface area contributed by atoms with Crippen LogP contribution in [-0.4, -0.2) is 10.7 Å². The average molecular weight is 271 g/mol. The number of pyridine rings is 1. The second kappa shape index (κ2) is 7.06. The van der Waals surface area contributed by atoms with Crippen LogP contribution in [0.2, 0.25) is 0 Å².